The van der Waals surface area contributed by atoms with Crippen LogP contribution in [0.15, 0.2) is 122 Å². The van der Waals surface area contributed by atoms with Gasteiger partial charge in [-0.3, -0.25) is 18.6 Å². The summed E-state index contributed by atoms with van der Waals surface area (Å²) in [6.07, 6.45) is 82.5. The Labute approximate surface area is 460 Å². The first-order valence-electron chi connectivity index (χ1n) is 30.0. The van der Waals surface area contributed by atoms with Crippen LogP contribution >= 0.6 is 7.82 Å². The third kappa shape index (κ3) is 59.5. The summed E-state index contributed by atoms with van der Waals surface area (Å²) in [6, 6.07) is 0. The molecule has 3 N–H and O–H groups in total. The van der Waals surface area contributed by atoms with Crippen LogP contribution in [0.3, 0.4) is 0 Å². The minimum absolute atomic E-state index is 0.0443. The molecular weight excluding hydrogens is 954 g/mol. The second kappa shape index (κ2) is 59.7. The Morgan fingerprint density at radius 1 is 0.413 bits per heavy atom. The minimum atomic E-state index is -4.40. The largest absolute Gasteiger partial charge is 0.472 e. The summed E-state index contributed by atoms with van der Waals surface area (Å²) in [7, 11) is -4.40. The van der Waals surface area contributed by atoms with Crippen LogP contribution in [0, 0.1) is 0 Å². The zero-order valence-corrected chi connectivity index (χ0v) is 48.6. The number of hydrogen-bond acceptors (Lipinski definition) is 8. The third-order valence-corrected chi connectivity index (χ3v) is 13.3. The summed E-state index contributed by atoms with van der Waals surface area (Å²) in [5.74, 6) is -0.851. The molecule has 0 aliphatic heterocycles. The maximum absolute atomic E-state index is 12.7. The van der Waals surface area contributed by atoms with Gasteiger partial charge in [-0.05, 0) is 109 Å². The van der Waals surface area contributed by atoms with Crippen molar-refractivity contribution >= 4 is 19.8 Å². The van der Waals surface area contributed by atoms with Gasteiger partial charge in [0.2, 0.25) is 0 Å². The SMILES string of the molecule is CC/C=C\C/C=C\C/C=C\C/C=C\C/C=C\C/C=C\C/C=C\C/C=C\CCCCCCCCC(=O)OC(COC(=O)CCCCCCCCCCCCC/C=C\C/C=C\CCCCCCC)COP(=O)(O)OCCN. The van der Waals surface area contributed by atoms with Gasteiger partial charge >= 0.3 is 19.8 Å². The van der Waals surface area contributed by atoms with Gasteiger partial charge in [-0.15, -0.1) is 0 Å². The lowest BCUT2D eigenvalue weighted by molar-refractivity contribution is -0.161. The van der Waals surface area contributed by atoms with Gasteiger partial charge in [0.25, 0.3) is 0 Å². The van der Waals surface area contributed by atoms with E-state index in [1.807, 2.05) is 0 Å². The van der Waals surface area contributed by atoms with Crippen molar-refractivity contribution in [3.05, 3.63) is 122 Å². The Balaban J connectivity index is 4.06. The lowest BCUT2D eigenvalue weighted by Gasteiger charge is -2.19. The predicted molar refractivity (Wildman–Crippen MR) is 321 cm³/mol. The van der Waals surface area contributed by atoms with Crippen molar-refractivity contribution in [2.45, 2.75) is 251 Å². The predicted octanol–water partition coefficient (Wildman–Crippen LogP) is 19.2. The Morgan fingerprint density at radius 2 is 0.733 bits per heavy atom. The number of carbonyl (C=O) groups is 2. The lowest BCUT2D eigenvalue weighted by Crippen LogP contribution is -2.29. The smallest absolute Gasteiger partial charge is 0.462 e. The van der Waals surface area contributed by atoms with E-state index in [1.54, 1.807) is 0 Å². The van der Waals surface area contributed by atoms with Crippen LogP contribution in [-0.4, -0.2) is 49.3 Å². The van der Waals surface area contributed by atoms with Crippen LogP contribution in [0.5, 0.6) is 0 Å². The van der Waals surface area contributed by atoms with Crippen LogP contribution in [0.25, 0.3) is 0 Å². The monoisotopic (exact) mass is 1060 g/mol. The fraction of sp³-hybridized carbons (Fsp3) is 0.662. The van der Waals surface area contributed by atoms with E-state index in [2.05, 4.69) is 135 Å². The first-order chi connectivity index (χ1) is 36.8. The lowest BCUT2D eigenvalue weighted by atomic mass is 10.0. The second-order valence-electron chi connectivity index (χ2n) is 19.5. The number of rotatable bonds is 55. The van der Waals surface area contributed by atoms with Crippen molar-refractivity contribution in [1.29, 1.82) is 0 Å². The number of unbranched alkanes of at least 4 members (excludes halogenated alkanes) is 22. The number of nitrogens with two attached hydrogens (primary N) is 1. The summed E-state index contributed by atoms with van der Waals surface area (Å²) in [5, 5.41) is 0. The van der Waals surface area contributed by atoms with E-state index in [9.17, 15) is 19.0 Å². The van der Waals surface area contributed by atoms with Crippen molar-refractivity contribution in [3.63, 3.8) is 0 Å². The third-order valence-electron chi connectivity index (χ3n) is 12.3. The molecule has 2 atom stereocenters. The van der Waals surface area contributed by atoms with Gasteiger partial charge in [0.1, 0.15) is 6.61 Å². The van der Waals surface area contributed by atoms with Gasteiger partial charge < -0.3 is 20.1 Å². The molecule has 75 heavy (non-hydrogen) atoms. The van der Waals surface area contributed by atoms with Crippen LogP contribution in [0.1, 0.15) is 245 Å². The van der Waals surface area contributed by atoms with E-state index in [4.69, 9.17) is 24.3 Å². The first kappa shape index (κ1) is 71.4. The van der Waals surface area contributed by atoms with Crippen LogP contribution in [-0.2, 0) is 32.7 Å². The molecule has 0 aromatic carbocycles. The normalized spacial score (nSPS) is 13.9. The van der Waals surface area contributed by atoms with Crippen molar-refractivity contribution in [2.75, 3.05) is 26.4 Å². The Morgan fingerprint density at radius 3 is 1.09 bits per heavy atom. The fourth-order valence-electron chi connectivity index (χ4n) is 7.92. The molecule has 0 radical (unpaired) electrons. The number of phosphoric ester groups is 1. The van der Waals surface area contributed by atoms with Gasteiger partial charge in [0.05, 0.1) is 13.2 Å². The zero-order valence-electron chi connectivity index (χ0n) is 47.7. The molecule has 0 aliphatic rings. The zero-order chi connectivity index (χ0) is 54.5. The highest BCUT2D eigenvalue weighted by molar-refractivity contribution is 7.47. The number of allylic oxidation sites excluding steroid dienone is 20. The minimum Gasteiger partial charge on any atom is -0.462 e. The fourth-order valence-corrected chi connectivity index (χ4v) is 8.68. The molecule has 0 bridgehead atoms. The number of carbonyl (C=O) groups excluding carboxylic acids is 2. The topological polar surface area (TPSA) is 134 Å². The second-order valence-corrected chi connectivity index (χ2v) is 20.9. The highest BCUT2D eigenvalue weighted by Gasteiger charge is 2.26. The maximum Gasteiger partial charge on any atom is 0.472 e. The van der Waals surface area contributed by atoms with Crippen molar-refractivity contribution < 1.29 is 37.6 Å². The molecule has 0 aromatic rings. The standard InChI is InChI=1S/C65H110NO8P/c1-3-5-7-9-11-13-15-17-19-21-23-25-27-28-29-30-31-32-33-34-36-38-40-42-44-46-48-50-52-54-56-58-65(68)74-63(62-73-75(69,70)72-60-59-66)61-71-64(67)57-55-53-51-49-47-45-43-41-39-37-35-26-24-22-20-18-16-14-12-10-8-6-4-2/h5,7,11,13,16-19,22-25,28-29,31-32,34,36,40,42,63H,3-4,6,8-10,12,14-15,20-21,26-27,30,33,35,37-39,41,43-62,66H2,1-2H3,(H,69,70)/b7-5-,13-11-,18-16-,19-17-,24-22-,25-23-,29-28-,32-31-,36-34-,42-40-. The van der Waals surface area contributed by atoms with E-state index >= 15 is 0 Å². The Hall–Kier alpha value is -3.59. The van der Waals surface area contributed by atoms with Crippen LogP contribution in [0.4, 0.5) is 0 Å². The molecule has 0 heterocycles. The Bertz CT molecular complexity index is 1640. The summed E-state index contributed by atoms with van der Waals surface area (Å²) < 4.78 is 33.0. The summed E-state index contributed by atoms with van der Waals surface area (Å²) >= 11 is 0. The average Bonchev–Trinajstić information content (AvgIpc) is 3.40. The Kier molecular flexibility index (Phi) is 56.8. The van der Waals surface area contributed by atoms with Crippen molar-refractivity contribution in [3.8, 4) is 0 Å². The van der Waals surface area contributed by atoms with E-state index in [1.165, 1.54) is 96.3 Å². The number of phosphoric acid groups is 1. The van der Waals surface area contributed by atoms with Crippen LogP contribution < -0.4 is 5.73 Å². The number of esters is 2. The van der Waals surface area contributed by atoms with Gasteiger partial charge in [-0.1, -0.05) is 245 Å². The van der Waals surface area contributed by atoms with Gasteiger partial charge in [-0.2, -0.15) is 0 Å². The molecule has 0 amide bonds. The summed E-state index contributed by atoms with van der Waals surface area (Å²) in [4.78, 5) is 35.2. The number of hydrogen-bond donors (Lipinski definition) is 2. The van der Waals surface area contributed by atoms with E-state index in [-0.39, 0.29) is 32.6 Å². The van der Waals surface area contributed by atoms with E-state index < -0.39 is 32.5 Å². The molecule has 0 saturated carbocycles. The quantitative estimate of drug-likeness (QED) is 0.0264. The molecular formula is C65H110NO8P. The highest BCUT2D eigenvalue weighted by atomic mass is 31.2. The molecule has 9 nitrogen and oxygen atoms in total. The van der Waals surface area contributed by atoms with Gasteiger partial charge in [0, 0.05) is 19.4 Å². The van der Waals surface area contributed by atoms with Gasteiger partial charge in [-0.25, -0.2) is 4.57 Å². The molecule has 0 spiro atoms. The van der Waals surface area contributed by atoms with E-state index in [0.717, 1.165) is 116 Å². The van der Waals surface area contributed by atoms with Gasteiger partial charge in [0.15, 0.2) is 6.10 Å². The van der Waals surface area contributed by atoms with Crippen LogP contribution in [0.2, 0.25) is 0 Å². The summed E-state index contributed by atoms with van der Waals surface area (Å²) in [6.45, 7) is 3.60. The highest BCUT2D eigenvalue weighted by Crippen LogP contribution is 2.43. The molecule has 2 unspecified atom stereocenters. The molecule has 0 rings (SSSR count). The number of ether oxygens (including phenoxy) is 2. The molecule has 0 aromatic heterocycles. The molecule has 10 heteroatoms. The molecule has 428 valence electrons. The maximum atomic E-state index is 12.7. The molecule has 0 saturated heterocycles. The van der Waals surface area contributed by atoms with Crippen molar-refractivity contribution in [1.82, 2.24) is 0 Å². The molecule has 0 fully saturated rings. The first-order valence-corrected chi connectivity index (χ1v) is 31.5. The average molecular weight is 1060 g/mol. The molecule has 0 aliphatic carbocycles. The van der Waals surface area contributed by atoms with Crippen molar-refractivity contribution in [2.24, 2.45) is 5.73 Å². The summed E-state index contributed by atoms with van der Waals surface area (Å²) in [5.41, 5.74) is 5.38. The van der Waals surface area contributed by atoms with E-state index in [0.29, 0.717) is 6.42 Å².